The minimum atomic E-state index is -0.0896. The van der Waals surface area contributed by atoms with E-state index >= 15 is 0 Å². The smallest absolute Gasteiger partial charge is 0.228 e. The molecule has 1 fully saturated rings. The fourth-order valence-corrected chi connectivity index (χ4v) is 3.35. The predicted molar refractivity (Wildman–Crippen MR) is 72.4 cm³/mol. The summed E-state index contributed by atoms with van der Waals surface area (Å²) in [5.41, 5.74) is 0. The van der Waals surface area contributed by atoms with Gasteiger partial charge in [-0.1, -0.05) is 0 Å². The maximum absolute atomic E-state index is 12.0. The first-order chi connectivity index (χ1) is 8.16. The van der Waals surface area contributed by atoms with Crippen LogP contribution in [0, 0.1) is 0 Å². The molecule has 17 heavy (non-hydrogen) atoms. The maximum atomic E-state index is 12.0. The number of ether oxygens (including phenoxy) is 1. The van der Waals surface area contributed by atoms with Gasteiger partial charge in [0.2, 0.25) is 5.91 Å². The summed E-state index contributed by atoms with van der Waals surface area (Å²) in [4.78, 5) is 13.1. The number of hydrogen-bond acceptors (Lipinski definition) is 3. The van der Waals surface area contributed by atoms with Crippen molar-refractivity contribution < 1.29 is 9.53 Å². The molecular formula is C12H16BrNO2S. The minimum absolute atomic E-state index is 0.0896. The topological polar surface area (TPSA) is 38.3 Å². The van der Waals surface area contributed by atoms with E-state index in [2.05, 4.69) is 21.2 Å². The van der Waals surface area contributed by atoms with Crippen molar-refractivity contribution in [2.75, 3.05) is 13.2 Å². The summed E-state index contributed by atoms with van der Waals surface area (Å²) in [7, 11) is 0. The molecule has 1 saturated heterocycles. The third-order valence-corrected chi connectivity index (χ3v) is 4.73. The molecule has 1 aliphatic heterocycles. The summed E-state index contributed by atoms with van der Waals surface area (Å²) < 4.78 is 6.42. The van der Waals surface area contributed by atoms with Crippen LogP contribution in [-0.2, 0) is 9.53 Å². The van der Waals surface area contributed by atoms with Crippen LogP contribution in [0.3, 0.4) is 0 Å². The highest BCUT2D eigenvalue weighted by atomic mass is 79.9. The molecule has 2 unspecified atom stereocenters. The average Bonchev–Trinajstić information content (AvgIpc) is 2.76. The first-order valence-electron chi connectivity index (χ1n) is 5.80. The van der Waals surface area contributed by atoms with Gasteiger partial charge in [-0.05, 0) is 47.8 Å². The highest BCUT2D eigenvalue weighted by molar-refractivity contribution is 9.11. The van der Waals surface area contributed by atoms with Gasteiger partial charge in [0.1, 0.15) is 0 Å². The number of halogens is 1. The fourth-order valence-electron chi connectivity index (χ4n) is 1.87. The molecular weight excluding hydrogens is 302 g/mol. The zero-order chi connectivity index (χ0) is 12.3. The summed E-state index contributed by atoms with van der Waals surface area (Å²) in [5, 5.41) is 3.05. The van der Waals surface area contributed by atoms with Crippen LogP contribution < -0.4 is 5.32 Å². The van der Waals surface area contributed by atoms with Gasteiger partial charge in [0.15, 0.2) is 0 Å². The third kappa shape index (κ3) is 3.53. The van der Waals surface area contributed by atoms with Gasteiger partial charge in [0.25, 0.3) is 0 Å². The van der Waals surface area contributed by atoms with E-state index in [1.807, 2.05) is 19.1 Å². The quantitative estimate of drug-likeness (QED) is 0.931. The largest absolute Gasteiger partial charge is 0.379 e. The molecule has 0 bridgehead atoms. The van der Waals surface area contributed by atoms with Crippen molar-refractivity contribution in [2.24, 2.45) is 0 Å². The monoisotopic (exact) mass is 317 g/mol. The van der Waals surface area contributed by atoms with E-state index in [0.717, 1.165) is 28.1 Å². The lowest BCUT2D eigenvalue weighted by atomic mass is 10.1. The predicted octanol–water partition coefficient (Wildman–Crippen LogP) is 2.91. The van der Waals surface area contributed by atoms with Gasteiger partial charge in [0.05, 0.1) is 22.4 Å². The second-order valence-electron chi connectivity index (χ2n) is 4.29. The van der Waals surface area contributed by atoms with Crippen molar-refractivity contribution >= 4 is 33.2 Å². The van der Waals surface area contributed by atoms with Crippen LogP contribution in [0.2, 0.25) is 0 Å². The van der Waals surface area contributed by atoms with Gasteiger partial charge >= 0.3 is 0 Å². The van der Waals surface area contributed by atoms with E-state index in [0.29, 0.717) is 6.61 Å². The number of hydrogen-bond donors (Lipinski definition) is 1. The molecule has 0 radical (unpaired) electrons. The number of amides is 1. The number of carbonyl (C=O) groups excluding carboxylic acids is 1. The minimum Gasteiger partial charge on any atom is -0.379 e. The number of rotatable bonds is 3. The van der Waals surface area contributed by atoms with Crippen molar-refractivity contribution in [1.82, 2.24) is 5.32 Å². The number of thiophene rings is 1. The molecule has 1 aromatic rings. The van der Waals surface area contributed by atoms with E-state index in [4.69, 9.17) is 4.74 Å². The Balaban J connectivity index is 1.90. The van der Waals surface area contributed by atoms with Crippen LogP contribution in [0.1, 0.15) is 30.6 Å². The summed E-state index contributed by atoms with van der Waals surface area (Å²) in [6.07, 6.45) is 2.05. The average molecular weight is 318 g/mol. The van der Waals surface area contributed by atoms with Crippen LogP contribution in [-0.4, -0.2) is 25.2 Å². The Morgan fingerprint density at radius 1 is 1.65 bits per heavy atom. The van der Waals surface area contributed by atoms with Gasteiger partial charge in [-0.25, -0.2) is 0 Å². The highest BCUT2D eigenvalue weighted by Gasteiger charge is 2.21. The molecule has 1 aromatic heterocycles. The zero-order valence-corrected chi connectivity index (χ0v) is 12.1. The Morgan fingerprint density at radius 3 is 3.06 bits per heavy atom. The molecule has 0 aromatic carbocycles. The lowest BCUT2D eigenvalue weighted by molar-refractivity contribution is -0.123. The van der Waals surface area contributed by atoms with Gasteiger partial charge in [-0.3, -0.25) is 4.79 Å². The Hall–Kier alpha value is -0.390. The molecule has 2 atom stereocenters. The molecule has 1 amide bonds. The molecule has 0 aliphatic carbocycles. The standard InChI is InChI=1S/C12H16BrNO2S/c1-8(10-4-5-11(13)17-10)12(15)14-9-3-2-6-16-7-9/h4-5,8-9H,2-3,6-7H2,1H3,(H,14,15). The van der Waals surface area contributed by atoms with Gasteiger partial charge in [0, 0.05) is 11.5 Å². The molecule has 94 valence electrons. The van der Waals surface area contributed by atoms with Gasteiger partial charge in [-0.2, -0.15) is 0 Å². The lowest BCUT2D eigenvalue weighted by Gasteiger charge is -2.24. The van der Waals surface area contributed by atoms with Crippen LogP contribution in [0.4, 0.5) is 0 Å². The summed E-state index contributed by atoms with van der Waals surface area (Å²) in [6, 6.07) is 4.16. The Morgan fingerprint density at radius 2 is 2.47 bits per heavy atom. The lowest BCUT2D eigenvalue weighted by Crippen LogP contribution is -2.42. The van der Waals surface area contributed by atoms with E-state index in [9.17, 15) is 4.79 Å². The van der Waals surface area contributed by atoms with E-state index < -0.39 is 0 Å². The van der Waals surface area contributed by atoms with E-state index in [-0.39, 0.29) is 17.9 Å². The van der Waals surface area contributed by atoms with Gasteiger partial charge < -0.3 is 10.1 Å². The Bertz CT molecular complexity index is 388. The number of carbonyl (C=O) groups is 1. The molecule has 2 rings (SSSR count). The van der Waals surface area contributed by atoms with Crippen LogP contribution in [0.15, 0.2) is 15.9 Å². The summed E-state index contributed by atoms with van der Waals surface area (Å²) >= 11 is 5.03. The maximum Gasteiger partial charge on any atom is 0.228 e. The van der Waals surface area contributed by atoms with E-state index in [1.165, 1.54) is 0 Å². The van der Waals surface area contributed by atoms with Crippen LogP contribution >= 0.6 is 27.3 Å². The molecule has 5 heteroatoms. The van der Waals surface area contributed by atoms with Crippen molar-refractivity contribution in [3.05, 3.63) is 20.8 Å². The first kappa shape index (κ1) is 13.1. The van der Waals surface area contributed by atoms with Crippen molar-refractivity contribution in [1.29, 1.82) is 0 Å². The summed E-state index contributed by atoms with van der Waals surface area (Å²) in [5.74, 6) is 0.00285. The summed E-state index contributed by atoms with van der Waals surface area (Å²) in [6.45, 7) is 3.41. The molecule has 1 N–H and O–H groups in total. The Labute approximate surface area is 114 Å². The SMILES string of the molecule is CC(C(=O)NC1CCCOC1)c1ccc(Br)s1. The second kappa shape index (κ2) is 5.98. The second-order valence-corrected chi connectivity index (χ2v) is 6.78. The molecule has 3 nitrogen and oxygen atoms in total. The third-order valence-electron chi connectivity index (χ3n) is 2.92. The zero-order valence-electron chi connectivity index (χ0n) is 9.74. The van der Waals surface area contributed by atoms with Crippen molar-refractivity contribution in [3.63, 3.8) is 0 Å². The fraction of sp³-hybridized carbons (Fsp3) is 0.583. The molecule has 2 heterocycles. The van der Waals surface area contributed by atoms with Crippen molar-refractivity contribution in [3.8, 4) is 0 Å². The molecule has 0 saturated carbocycles. The molecule has 1 aliphatic rings. The number of nitrogens with one attached hydrogen (secondary N) is 1. The van der Waals surface area contributed by atoms with Crippen LogP contribution in [0.5, 0.6) is 0 Å². The van der Waals surface area contributed by atoms with Crippen molar-refractivity contribution in [2.45, 2.75) is 31.7 Å². The van der Waals surface area contributed by atoms with Crippen LogP contribution in [0.25, 0.3) is 0 Å². The van der Waals surface area contributed by atoms with E-state index in [1.54, 1.807) is 11.3 Å². The first-order valence-corrected chi connectivity index (χ1v) is 7.41. The Kier molecular flexibility index (Phi) is 4.59. The molecule has 0 spiro atoms. The van der Waals surface area contributed by atoms with Gasteiger partial charge in [-0.15, -0.1) is 11.3 Å². The normalized spacial score (nSPS) is 22.1. The highest BCUT2D eigenvalue weighted by Crippen LogP contribution is 2.28.